The Morgan fingerprint density at radius 2 is 1.68 bits per heavy atom. The summed E-state index contributed by atoms with van der Waals surface area (Å²) in [5, 5.41) is 0. The molecule has 1 aliphatic rings. The van der Waals surface area contributed by atoms with Gasteiger partial charge in [-0.3, -0.25) is 4.79 Å². The van der Waals surface area contributed by atoms with Crippen molar-refractivity contribution in [2.45, 2.75) is 24.0 Å². The predicted octanol–water partition coefficient (Wildman–Crippen LogP) is 3.36. The molecule has 5 nitrogen and oxygen atoms in total. The van der Waals surface area contributed by atoms with Gasteiger partial charge in [-0.25, -0.2) is 4.79 Å². The third kappa shape index (κ3) is 3.96. The second-order valence-electron chi connectivity index (χ2n) is 5.57. The van der Waals surface area contributed by atoms with Crippen LogP contribution >= 0.6 is 11.8 Å². The number of carbonyl (C=O) groups is 2. The molecule has 25 heavy (non-hydrogen) atoms. The summed E-state index contributed by atoms with van der Waals surface area (Å²) in [6.45, 7) is 1.40. The highest BCUT2D eigenvalue weighted by atomic mass is 32.2. The van der Waals surface area contributed by atoms with Crippen molar-refractivity contribution in [2.24, 2.45) is 0 Å². The van der Waals surface area contributed by atoms with E-state index in [4.69, 9.17) is 14.2 Å². The fourth-order valence-electron chi connectivity index (χ4n) is 2.46. The molecule has 2 atom stereocenters. The van der Waals surface area contributed by atoms with Gasteiger partial charge < -0.3 is 14.2 Å². The Balaban J connectivity index is 1.59. The molecule has 1 aliphatic heterocycles. The van der Waals surface area contributed by atoms with Crippen molar-refractivity contribution in [3.05, 3.63) is 54.1 Å². The van der Waals surface area contributed by atoms with Crippen molar-refractivity contribution in [2.75, 3.05) is 12.9 Å². The highest BCUT2D eigenvalue weighted by Crippen LogP contribution is 2.33. The zero-order valence-electron chi connectivity index (χ0n) is 13.9. The second-order valence-corrected chi connectivity index (χ2v) is 6.45. The standard InChI is InChI=1S/C19H18O5S/c1-12-18(24-17-6-4-3-5-16(17)23-12)19(21)22-11-15(20)13-7-9-14(25-2)10-8-13/h3-10,12,18H,11H2,1-2H3. The maximum atomic E-state index is 12.3. The fourth-order valence-corrected chi connectivity index (χ4v) is 2.87. The van der Waals surface area contributed by atoms with Gasteiger partial charge in [0.2, 0.25) is 6.10 Å². The molecule has 0 aliphatic carbocycles. The first-order valence-corrected chi connectivity index (χ1v) is 9.07. The van der Waals surface area contributed by atoms with E-state index < -0.39 is 18.2 Å². The number of fused-ring (bicyclic) bond motifs is 1. The zero-order valence-corrected chi connectivity index (χ0v) is 14.7. The number of carbonyl (C=O) groups excluding carboxylic acids is 2. The molecule has 130 valence electrons. The van der Waals surface area contributed by atoms with Gasteiger partial charge in [0.05, 0.1) is 0 Å². The van der Waals surface area contributed by atoms with Gasteiger partial charge in [0.15, 0.2) is 23.9 Å². The molecule has 2 unspecified atom stereocenters. The maximum absolute atomic E-state index is 12.3. The lowest BCUT2D eigenvalue weighted by atomic mass is 10.1. The molecular weight excluding hydrogens is 340 g/mol. The SMILES string of the molecule is CSc1ccc(C(=O)COC(=O)C2Oc3ccccc3OC2C)cc1. The predicted molar refractivity (Wildman–Crippen MR) is 94.5 cm³/mol. The van der Waals surface area contributed by atoms with E-state index in [0.29, 0.717) is 17.1 Å². The fraction of sp³-hybridized carbons (Fsp3) is 0.263. The van der Waals surface area contributed by atoms with Crippen LogP contribution in [0.2, 0.25) is 0 Å². The van der Waals surface area contributed by atoms with Gasteiger partial charge in [0.1, 0.15) is 6.10 Å². The molecule has 3 rings (SSSR count). The first kappa shape index (κ1) is 17.4. The minimum atomic E-state index is -0.901. The normalized spacial score (nSPS) is 18.5. The van der Waals surface area contributed by atoms with Gasteiger partial charge in [-0.05, 0) is 37.4 Å². The average molecular weight is 358 g/mol. The molecule has 6 heteroatoms. The van der Waals surface area contributed by atoms with Crippen molar-refractivity contribution in [3.8, 4) is 11.5 Å². The molecule has 0 bridgehead atoms. The largest absolute Gasteiger partial charge is 0.482 e. The highest BCUT2D eigenvalue weighted by molar-refractivity contribution is 7.98. The van der Waals surface area contributed by atoms with Gasteiger partial charge in [-0.1, -0.05) is 24.3 Å². The van der Waals surface area contributed by atoms with Crippen molar-refractivity contribution in [1.82, 2.24) is 0 Å². The Morgan fingerprint density at radius 1 is 1.04 bits per heavy atom. The van der Waals surface area contributed by atoms with Crippen molar-refractivity contribution in [1.29, 1.82) is 0 Å². The number of hydrogen-bond donors (Lipinski definition) is 0. The Bertz CT molecular complexity index is 772. The summed E-state index contributed by atoms with van der Waals surface area (Å²) in [6.07, 6.45) is 0.560. The Morgan fingerprint density at radius 3 is 2.32 bits per heavy atom. The Hall–Kier alpha value is -2.47. The summed E-state index contributed by atoms with van der Waals surface area (Å²) in [5.74, 6) is 0.201. The van der Waals surface area contributed by atoms with E-state index in [-0.39, 0.29) is 12.4 Å². The van der Waals surface area contributed by atoms with E-state index in [1.165, 1.54) is 0 Å². The first-order chi connectivity index (χ1) is 12.1. The van der Waals surface area contributed by atoms with Crippen LogP contribution in [0.4, 0.5) is 0 Å². The van der Waals surface area contributed by atoms with Crippen LogP contribution in [-0.2, 0) is 9.53 Å². The number of rotatable bonds is 5. The molecule has 0 saturated carbocycles. The molecule has 2 aromatic carbocycles. The number of hydrogen-bond acceptors (Lipinski definition) is 6. The van der Waals surface area contributed by atoms with E-state index in [1.807, 2.05) is 24.5 Å². The molecule has 1 heterocycles. The lowest BCUT2D eigenvalue weighted by Crippen LogP contribution is -2.44. The Kier molecular flexibility index (Phi) is 5.28. The molecule has 0 saturated heterocycles. The van der Waals surface area contributed by atoms with Crippen molar-refractivity contribution in [3.63, 3.8) is 0 Å². The monoisotopic (exact) mass is 358 g/mol. The number of ketones is 1. The van der Waals surface area contributed by atoms with Crippen LogP contribution in [0.3, 0.4) is 0 Å². The summed E-state index contributed by atoms with van der Waals surface area (Å²) in [7, 11) is 0. The summed E-state index contributed by atoms with van der Waals surface area (Å²) in [4.78, 5) is 25.5. The highest BCUT2D eigenvalue weighted by Gasteiger charge is 2.35. The molecule has 0 N–H and O–H groups in total. The maximum Gasteiger partial charge on any atom is 0.351 e. The molecule has 0 aromatic heterocycles. The third-order valence-corrected chi connectivity index (χ3v) is 4.58. The summed E-state index contributed by atoms with van der Waals surface area (Å²) < 4.78 is 16.5. The van der Waals surface area contributed by atoms with Crippen LogP contribution in [0.25, 0.3) is 0 Å². The topological polar surface area (TPSA) is 61.8 Å². The van der Waals surface area contributed by atoms with Crippen LogP contribution in [0.1, 0.15) is 17.3 Å². The number of benzene rings is 2. The lowest BCUT2D eigenvalue weighted by molar-refractivity contribution is -0.156. The van der Waals surface area contributed by atoms with Crippen molar-refractivity contribution < 1.29 is 23.8 Å². The minimum Gasteiger partial charge on any atom is -0.482 e. The number of Topliss-reactive ketones (excluding diaryl/α,β-unsaturated/α-hetero) is 1. The van der Waals surface area contributed by atoms with Crippen LogP contribution < -0.4 is 9.47 Å². The van der Waals surface area contributed by atoms with E-state index in [1.54, 1.807) is 49.0 Å². The summed E-state index contributed by atoms with van der Waals surface area (Å²) in [6, 6.07) is 14.3. The molecule has 0 amide bonds. The summed E-state index contributed by atoms with van der Waals surface area (Å²) >= 11 is 1.59. The Labute approximate surface area is 150 Å². The van der Waals surface area contributed by atoms with Gasteiger partial charge in [0.25, 0.3) is 0 Å². The zero-order chi connectivity index (χ0) is 17.8. The van der Waals surface area contributed by atoms with Crippen LogP contribution in [0.5, 0.6) is 11.5 Å². The van der Waals surface area contributed by atoms with Gasteiger partial charge in [-0.15, -0.1) is 11.8 Å². The van der Waals surface area contributed by atoms with Crippen molar-refractivity contribution >= 4 is 23.5 Å². The van der Waals surface area contributed by atoms with E-state index in [0.717, 1.165) is 4.90 Å². The lowest BCUT2D eigenvalue weighted by Gasteiger charge is -2.30. The van der Waals surface area contributed by atoms with E-state index in [9.17, 15) is 9.59 Å². The molecule has 0 spiro atoms. The van der Waals surface area contributed by atoms with E-state index in [2.05, 4.69) is 0 Å². The number of thioether (sulfide) groups is 1. The number of ether oxygens (including phenoxy) is 3. The first-order valence-electron chi connectivity index (χ1n) is 7.84. The number of esters is 1. The van der Waals surface area contributed by atoms with Crippen LogP contribution in [0, 0.1) is 0 Å². The number of para-hydroxylation sites is 2. The molecule has 0 radical (unpaired) electrons. The van der Waals surface area contributed by atoms with Crippen LogP contribution in [0.15, 0.2) is 53.4 Å². The smallest absolute Gasteiger partial charge is 0.351 e. The molecule has 0 fully saturated rings. The van der Waals surface area contributed by atoms with Gasteiger partial charge >= 0.3 is 5.97 Å². The quantitative estimate of drug-likeness (QED) is 0.464. The van der Waals surface area contributed by atoms with Gasteiger partial charge in [-0.2, -0.15) is 0 Å². The van der Waals surface area contributed by atoms with E-state index >= 15 is 0 Å². The molecular formula is C19H18O5S. The minimum absolute atomic E-state index is 0.259. The third-order valence-electron chi connectivity index (χ3n) is 3.83. The molecule has 2 aromatic rings. The second kappa shape index (κ2) is 7.61. The summed E-state index contributed by atoms with van der Waals surface area (Å²) in [5.41, 5.74) is 0.504. The van der Waals surface area contributed by atoms with Gasteiger partial charge in [0, 0.05) is 10.5 Å². The van der Waals surface area contributed by atoms with Crippen LogP contribution in [-0.4, -0.2) is 36.8 Å². The average Bonchev–Trinajstić information content (AvgIpc) is 2.65.